The molecule has 2 N–H and O–H groups in total. The van der Waals surface area contributed by atoms with E-state index in [4.69, 9.17) is 10.7 Å². The van der Waals surface area contributed by atoms with Crippen molar-refractivity contribution in [2.24, 2.45) is 11.7 Å². The Balaban J connectivity index is 2.14. The molecule has 1 heterocycles. The van der Waals surface area contributed by atoms with Crippen molar-refractivity contribution in [1.82, 2.24) is 9.55 Å². The van der Waals surface area contributed by atoms with E-state index in [9.17, 15) is 4.39 Å². The standard InChI is InChI=1S/C17H24FN3/c1-3-9-21-15-10-13(18)6-7-14(15)20-16(21)17(19)8-4-5-12(2)11-17/h6-7,10,12H,3-5,8-9,11,19H2,1-2H3. The molecule has 1 aliphatic carbocycles. The Morgan fingerprint density at radius 2 is 2.29 bits per heavy atom. The maximum atomic E-state index is 13.6. The molecule has 3 rings (SSSR count). The first kappa shape index (κ1) is 14.5. The predicted molar refractivity (Wildman–Crippen MR) is 83.5 cm³/mol. The summed E-state index contributed by atoms with van der Waals surface area (Å²) in [5.41, 5.74) is 8.07. The van der Waals surface area contributed by atoms with E-state index in [0.717, 1.165) is 49.1 Å². The van der Waals surface area contributed by atoms with Gasteiger partial charge in [0.25, 0.3) is 0 Å². The smallest absolute Gasteiger partial charge is 0.130 e. The van der Waals surface area contributed by atoms with Crippen molar-refractivity contribution in [3.63, 3.8) is 0 Å². The molecule has 0 amide bonds. The molecule has 2 unspecified atom stereocenters. The summed E-state index contributed by atoms with van der Waals surface area (Å²) in [5, 5.41) is 0. The average molecular weight is 289 g/mol. The molecular formula is C17H24FN3. The molecule has 21 heavy (non-hydrogen) atoms. The molecule has 1 aromatic heterocycles. The van der Waals surface area contributed by atoms with Crippen molar-refractivity contribution in [1.29, 1.82) is 0 Å². The van der Waals surface area contributed by atoms with Crippen LogP contribution in [0.2, 0.25) is 0 Å². The Bertz CT molecular complexity index is 649. The van der Waals surface area contributed by atoms with Gasteiger partial charge in [-0.3, -0.25) is 0 Å². The molecule has 1 fully saturated rings. The number of hydrogen-bond donors (Lipinski definition) is 1. The molecule has 0 spiro atoms. The van der Waals surface area contributed by atoms with E-state index in [-0.39, 0.29) is 11.4 Å². The number of nitrogens with zero attached hydrogens (tertiary/aromatic N) is 2. The summed E-state index contributed by atoms with van der Waals surface area (Å²) in [6.07, 6.45) is 5.29. The first-order chi connectivity index (χ1) is 10.0. The van der Waals surface area contributed by atoms with Gasteiger partial charge < -0.3 is 10.3 Å². The summed E-state index contributed by atoms with van der Waals surface area (Å²) in [6, 6.07) is 4.81. The van der Waals surface area contributed by atoms with Gasteiger partial charge in [-0.2, -0.15) is 0 Å². The number of nitrogens with two attached hydrogens (primary N) is 1. The number of benzene rings is 1. The largest absolute Gasteiger partial charge is 0.326 e. The first-order valence-electron chi connectivity index (χ1n) is 7.98. The van der Waals surface area contributed by atoms with Crippen LogP contribution in [0.15, 0.2) is 18.2 Å². The zero-order valence-corrected chi connectivity index (χ0v) is 12.9. The molecule has 1 aliphatic rings. The van der Waals surface area contributed by atoms with E-state index in [0.29, 0.717) is 5.92 Å². The van der Waals surface area contributed by atoms with E-state index >= 15 is 0 Å². The number of aromatic nitrogens is 2. The molecule has 114 valence electrons. The third-order valence-electron chi connectivity index (χ3n) is 4.64. The zero-order chi connectivity index (χ0) is 15.0. The van der Waals surface area contributed by atoms with Gasteiger partial charge in [-0.25, -0.2) is 9.37 Å². The topological polar surface area (TPSA) is 43.8 Å². The van der Waals surface area contributed by atoms with Crippen LogP contribution in [0.3, 0.4) is 0 Å². The minimum atomic E-state index is -0.373. The highest BCUT2D eigenvalue weighted by atomic mass is 19.1. The minimum absolute atomic E-state index is 0.214. The van der Waals surface area contributed by atoms with Crippen molar-refractivity contribution in [3.8, 4) is 0 Å². The second kappa shape index (κ2) is 5.41. The van der Waals surface area contributed by atoms with Gasteiger partial charge in [-0.05, 0) is 43.4 Å². The fourth-order valence-electron chi connectivity index (χ4n) is 3.72. The summed E-state index contributed by atoms with van der Waals surface area (Å²) in [7, 11) is 0. The SMILES string of the molecule is CCCn1c(C2(N)CCCC(C)C2)nc2ccc(F)cc21. The fourth-order valence-corrected chi connectivity index (χ4v) is 3.72. The maximum Gasteiger partial charge on any atom is 0.130 e. The summed E-state index contributed by atoms with van der Waals surface area (Å²) < 4.78 is 15.7. The lowest BCUT2D eigenvalue weighted by molar-refractivity contribution is 0.222. The number of imidazole rings is 1. The second-order valence-electron chi connectivity index (χ2n) is 6.58. The van der Waals surface area contributed by atoms with E-state index in [1.54, 1.807) is 12.1 Å². The van der Waals surface area contributed by atoms with Gasteiger partial charge in [0, 0.05) is 6.54 Å². The third kappa shape index (κ3) is 2.57. The van der Waals surface area contributed by atoms with Crippen molar-refractivity contribution in [3.05, 3.63) is 29.8 Å². The van der Waals surface area contributed by atoms with Gasteiger partial charge in [0.1, 0.15) is 11.6 Å². The highest BCUT2D eigenvalue weighted by Crippen LogP contribution is 2.38. The molecule has 0 bridgehead atoms. The van der Waals surface area contributed by atoms with Crippen molar-refractivity contribution < 1.29 is 4.39 Å². The number of rotatable bonds is 3. The zero-order valence-electron chi connectivity index (χ0n) is 12.9. The molecule has 2 aromatic rings. The van der Waals surface area contributed by atoms with E-state index < -0.39 is 0 Å². The van der Waals surface area contributed by atoms with Crippen molar-refractivity contribution >= 4 is 11.0 Å². The molecule has 4 heteroatoms. The Labute approximate surface area is 125 Å². The normalized spacial score (nSPS) is 26.4. The summed E-state index contributed by atoms with van der Waals surface area (Å²) in [6.45, 7) is 5.22. The molecular weight excluding hydrogens is 265 g/mol. The fraction of sp³-hybridized carbons (Fsp3) is 0.588. The minimum Gasteiger partial charge on any atom is -0.326 e. The molecule has 2 atom stereocenters. The number of halogens is 1. The van der Waals surface area contributed by atoms with Gasteiger partial charge in [0.15, 0.2) is 0 Å². The Hall–Kier alpha value is -1.42. The number of aryl methyl sites for hydroxylation is 1. The Kier molecular flexibility index (Phi) is 3.74. The number of hydrogen-bond acceptors (Lipinski definition) is 2. The molecule has 1 saturated carbocycles. The first-order valence-corrected chi connectivity index (χ1v) is 7.98. The van der Waals surface area contributed by atoms with Crippen molar-refractivity contribution in [2.75, 3.05) is 0 Å². The van der Waals surface area contributed by atoms with Gasteiger partial charge in [-0.1, -0.05) is 26.7 Å². The second-order valence-corrected chi connectivity index (χ2v) is 6.58. The van der Waals surface area contributed by atoms with Gasteiger partial charge in [0.05, 0.1) is 16.6 Å². The van der Waals surface area contributed by atoms with Gasteiger partial charge in [-0.15, -0.1) is 0 Å². The Morgan fingerprint density at radius 3 is 3.00 bits per heavy atom. The van der Waals surface area contributed by atoms with E-state index in [2.05, 4.69) is 18.4 Å². The molecule has 3 nitrogen and oxygen atoms in total. The van der Waals surface area contributed by atoms with Crippen LogP contribution in [0, 0.1) is 11.7 Å². The molecule has 1 aromatic carbocycles. The lowest BCUT2D eigenvalue weighted by Gasteiger charge is -2.36. The van der Waals surface area contributed by atoms with Crippen LogP contribution in [0.25, 0.3) is 11.0 Å². The lowest BCUT2D eigenvalue weighted by Crippen LogP contribution is -2.43. The van der Waals surface area contributed by atoms with Crippen LogP contribution in [0.1, 0.15) is 51.8 Å². The number of fused-ring (bicyclic) bond motifs is 1. The lowest BCUT2D eigenvalue weighted by atomic mass is 9.76. The molecule has 0 radical (unpaired) electrons. The van der Waals surface area contributed by atoms with Crippen LogP contribution in [-0.2, 0) is 12.1 Å². The quantitative estimate of drug-likeness (QED) is 0.929. The monoisotopic (exact) mass is 289 g/mol. The summed E-state index contributed by atoms with van der Waals surface area (Å²) >= 11 is 0. The molecule has 0 saturated heterocycles. The third-order valence-corrected chi connectivity index (χ3v) is 4.64. The van der Waals surface area contributed by atoms with Crippen molar-refractivity contribution in [2.45, 2.75) is 58.0 Å². The van der Waals surface area contributed by atoms with Crippen LogP contribution in [-0.4, -0.2) is 9.55 Å². The van der Waals surface area contributed by atoms with Crippen LogP contribution in [0.4, 0.5) is 4.39 Å². The van der Waals surface area contributed by atoms with Crippen LogP contribution < -0.4 is 5.73 Å². The highest BCUT2D eigenvalue weighted by molar-refractivity contribution is 5.76. The average Bonchev–Trinajstić information content (AvgIpc) is 2.78. The van der Waals surface area contributed by atoms with Crippen LogP contribution >= 0.6 is 0 Å². The Morgan fingerprint density at radius 1 is 1.48 bits per heavy atom. The van der Waals surface area contributed by atoms with E-state index in [1.165, 1.54) is 12.5 Å². The summed E-state index contributed by atoms with van der Waals surface area (Å²) in [5.74, 6) is 1.35. The summed E-state index contributed by atoms with van der Waals surface area (Å²) in [4.78, 5) is 4.77. The molecule has 0 aliphatic heterocycles. The van der Waals surface area contributed by atoms with Gasteiger partial charge in [0.2, 0.25) is 0 Å². The maximum absolute atomic E-state index is 13.6. The van der Waals surface area contributed by atoms with E-state index in [1.807, 2.05) is 0 Å². The predicted octanol–water partition coefficient (Wildman–Crippen LogP) is 3.95. The van der Waals surface area contributed by atoms with Gasteiger partial charge >= 0.3 is 0 Å². The highest BCUT2D eigenvalue weighted by Gasteiger charge is 2.37. The van der Waals surface area contributed by atoms with Crippen LogP contribution in [0.5, 0.6) is 0 Å².